The van der Waals surface area contributed by atoms with Crippen LogP contribution in [-0.4, -0.2) is 35.3 Å². The largest absolute Gasteiger partial charge is 0.508 e. The number of ketones is 1. The van der Waals surface area contributed by atoms with Crippen molar-refractivity contribution in [1.82, 2.24) is 5.32 Å². The molecule has 0 saturated heterocycles. The van der Waals surface area contributed by atoms with Crippen molar-refractivity contribution in [2.24, 2.45) is 0 Å². The maximum absolute atomic E-state index is 11.8. The first-order valence-electron chi connectivity index (χ1n) is 5.89. The minimum absolute atomic E-state index is 0.0793. The lowest BCUT2D eigenvalue weighted by Crippen LogP contribution is -2.39. The summed E-state index contributed by atoms with van der Waals surface area (Å²) in [6.07, 6.45) is 7.09. The molecule has 0 amide bonds. The molecule has 0 aromatic heterocycles. The minimum atomic E-state index is -1.24. The van der Waals surface area contributed by atoms with Gasteiger partial charge in [-0.15, -0.1) is 0 Å². The second-order valence-corrected chi connectivity index (χ2v) is 4.54. The zero-order chi connectivity index (χ0) is 13.6. The van der Waals surface area contributed by atoms with E-state index in [0.717, 1.165) is 5.57 Å². The van der Waals surface area contributed by atoms with Crippen molar-refractivity contribution >= 4 is 5.78 Å². The van der Waals surface area contributed by atoms with Gasteiger partial charge in [0.25, 0.3) is 0 Å². The summed E-state index contributed by atoms with van der Waals surface area (Å²) in [7, 11) is 1.40. The molecule has 19 heavy (non-hydrogen) atoms. The van der Waals surface area contributed by atoms with Crippen LogP contribution in [0.3, 0.4) is 0 Å². The average molecular weight is 259 g/mol. The van der Waals surface area contributed by atoms with E-state index < -0.39 is 11.9 Å². The van der Waals surface area contributed by atoms with Crippen LogP contribution in [0.1, 0.15) is 0 Å². The monoisotopic (exact) mass is 259 g/mol. The number of Topliss-reactive ketones (excluding diaryl/α,β-unsaturated/α-hetero) is 1. The third-order valence-electron chi connectivity index (χ3n) is 3.36. The number of carbonyl (C=O) groups excluding carboxylic acids is 1. The molecule has 5 nitrogen and oxygen atoms in total. The zero-order valence-electron chi connectivity index (χ0n) is 10.3. The molecule has 2 atom stereocenters. The molecule has 0 radical (unpaired) electrons. The number of dihydropyridines is 1. The Morgan fingerprint density at radius 3 is 2.84 bits per heavy atom. The number of allylic oxidation sites excluding steroid dienone is 2. The molecule has 0 fully saturated rings. The van der Waals surface area contributed by atoms with Gasteiger partial charge in [-0.25, -0.2) is 0 Å². The smallest absolute Gasteiger partial charge is 0.230 e. The standard InChI is InChI=1S/C14H13NO4/c1-19-12-6-11-9(13(17)14(12)18)5-7-4-8(16)2-3-10(7)15-11/h2-6,10,13,15-17H,1H3. The second kappa shape index (κ2) is 4.13. The number of hydrogen-bond acceptors (Lipinski definition) is 5. The predicted molar refractivity (Wildman–Crippen MR) is 68.0 cm³/mol. The fourth-order valence-corrected chi connectivity index (χ4v) is 2.37. The summed E-state index contributed by atoms with van der Waals surface area (Å²) < 4.78 is 4.96. The van der Waals surface area contributed by atoms with Gasteiger partial charge in [0.15, 0.2) is 5.76 Å². The molecular weight excluding hydrogens is 246 g/mol. The van der Waals surface area contributed by atoms with Crippen molar-refractivity contribution in [3.05, 3.63) is 58.7 Å². The van der Waals surface area contributed by atoms with Crippen molar-refractivity contribution in [2.45, 2.75) is 12.1 Å². The quantitative estimate of drug-likeness (QED) is 0.643. The summed E-state index contributed by atoms with van der Waals surface area (Å²) in [4.78, 5) is 11.8. The molecule has 0 saturated carbocycles. The number of aliphatic hydroxyl groups is 2. The number of nitrogens with one attached hydrogen (secondary N) is 1. The molecule has 0 aromatic carbocycles. The van der Waals surface area contributed by atoms with E-state index in [0.29, 0.717) is 11.3 Å². The Morgan fingerprint density at radius 2 is 2.11 bits per heavy atom. The number of methoxy groups -OCH3 is 1. The normalized spacial score (nSPS) is 28.7. The molecule has 0 spiro atoms. The number of aliphatic hydroxyl groups excluding tert-OH is 2. The van der Waals surface area contributed by atoms with Crippen LogP contribution in [0.15, 0.2) is 58.7 Å². The van der Waals surface area contributed by atoms with E-state index in [2.05, 4.69) is 5.32 Å². The first-order valence-corrected chi connectivity index (χ1v) is 5.89. The molecule has 3 aliphatic rings. The molecule has 0 aromatic rings. The third-order valence-corrected chi connectivity index (χ3v) is 3.36. The van der Waals surface area contributed by atoms with Crippen molar-refractivity contribution in [3.63, 3.8) is 0 Å². The van der Waals surface area contributed by atoms with Crippen LogP contribution in [-0.2, 0) is 9.53 Å². The van der Waals surface area contributed by atoms with Gasteiger partial charge in [0, 0.05) is 17.3 Å². The Labute approximate surface area is 109 Å². The molecule has 1 aliphatic heterocycles. The van der Waals surface area contributed by atoms with Gasteiger partial charge in [-0.2, -0.15) is 0 Å². The Hall–Kier alpha value is -2.27. The SMILES string of the molecule is COC1=CC2=C(C=C3C=C(O)C=CC3N2)C(O)C1=O. The van der Waals surface area contributed by atoms with E-state index in [1.807, 2.05) is 6.08 Å². The molecule has 5 heteroatoms. The molecule has 98 valence electrons. The number of rotatable bonds is 1. The second-order valence-electron chi connectivity index (χ2n) is 4.54. The topological polar surface area (TPSA) is 78.8 Å². The number of carbonyl (C=O) groups is 1. The maximum atomic E-state index is 11.8. The van der Waals surface area contributed by atoms with E-state index in [1.54, 1.807) is 24.3 Å². The van der Waals surface area contributed by atoms with Crippen molar-refractivity contribution in [3.8, 4) is 0 Å². The zero-order valence-corrected chi connectivity index (χ0v) is 10.3. The van der Waals surface area contributed by atoms with Gasteiger partial charge < -0.3 is 20.3 Å². The third kappa shape index (κ3) is 1.79. The number of hydrogen-bond donors (Lipinski definition) is 3. The molecular formula is C14H13NO4. The summed E-state index contributed by atoms with van der Waals surface area (Å²) in [5.41, 5.74) is 1.97. The summed E-state index contributed by atoms with van der Waals surface area (Å²) >= 11 is 0. The fraction of sp³-hybridized carbons (Fsp3) is 0.214. The Bertz CT molecular complexity index is 607. The first-order chi connectivity index (χ1) is 9.10. The van der Waals surface area contributed by atoms with Crippen LogP contribution in [0.25, 0.3) is 0 Å². The van der Waals surface area contributed by atoms with Crippen LogP contribution < -0.4 is 5.32 Å². The lowest BCUT2D eigenvalue weighted by atomic mass is 9.87. The first kappa shape index (κ1) is 11.8. The average Bonchev–Trinajstić information content (AvgIpc) is 2.41. The van der Waals surface area contributed by atoms with Crippen molar-refractivity contribution in [1.29, 1.82) is 0 Å². The van der Waals surface area contributed by atoms with E-state index in [4.69, 9.17) is 4.74 Å². The van der Waals surface area contributed by atoms with Gasteiger partial charge in [0.05, 0.1) is 13.2 Å². The summed E-state index contributed by atoms with van der Waals surface area (Å²) in [6.45, 7) is 0. The molecule has 1 heterocycles. The highest BCUT2D eigenvalue weighted by atomic mass is 16.5. The molecule has 2 unspecified atom stereocenters. The van der Waals surface area contributed by atoms with Gasteiger partial charge in [-0.05, 0) is 23.8 Å². The fourth-order valence-electron chi connectivity index (χ4n) is 2.37. The highest BCUT2D eigenvalue weighted by Crippen LogP contribution is 2.30. The maximum Gasteiger partial charge on any atom is 0.230 e. The van der Waals surface area contributed by atoms with Gasteiger partial charge in [-0.1, -0.05) is 6.08 Å². The van der Waals surface area contributed by atoms with Gasteiger partial charge in [-0.3, -0.25) is 4.79 Å². The summed E-state index contributed by atoms with van der Waals surface area (Å²) in [6, 6.07) is -0.0793. The summed E-state index contributed by atoms with van der Waals surface area (Å²) in [5.74, 6) is -0.176. The molecule has 2 aliphatic carbocycles. The highest BCUT2D eigenvalue weighted by Gasteiger charge is 2.33. The van der Waals surface area contributed by atoms with Gasteiger partial charge >= 0.3 is 0 Å². The van der Waals surface area contributed by atoms with E-state index in [1.165, 1.54) is 7.11 Å². The van der Waals surface area contributed by atoms with Gasteiger partial charge in [0.2, 0.25) is 5.78 Å². The molecule has 3 N–H and O–H groups in total. The van der Waals surface area contributed by atoms with E-state index >= 15 is 0 Å². The molecule has 3 rings (SSSR count). The Kier molecular flexibility index (Phi) is 2.57. The van der Waals surface area contributed by atoms with Crippen molar-refractivity contribution in [2.75, 3.05) is 7.11 Å². The number of ether oxygens (including phenoxy) is 1. The molecule has 0 bridgehead atoms. The van der Waals surface area contributed by atoms with Gasteiger partial charge in [0.1, 0.15) is 11.9 Å². The minimum Gasteiger partial charge on any atom is -0.508 e. The predicted octanol–water partition coefficient (Wildman–Crippen LogP) is 0.624. The van der Waals surface area contributed by atoms with E-state index in [-0.39, 0.29) is 17.6 Å². The number of fused-ring (bicyclic) bond motifs is 1. The highest BCUT2D eigenvalue weighted by molar-refractivity contribution is 6.01. The van der Waals surface area contributed by atoms with E-state index in [9.17, 15) is 15.0 Å². The van der Waals surface area contributed by atoms with Crippen molar-refractivity contribution < 1.29 is 19.7 Å². The van der Waals surface area contributed by atoms with Crippen LogP contribution >= 0.6 is 0 Å². The van der Waals surface area contributed by atoms with Crippen LogP contribution in [0, 0.1) is 0 Å². The van der Waals surface area contributed by atoms with Crippen LogP contribution in [0.5, 0.6) is 0 Å². The lowest BCUT2D eigenvalue weighted by molar-refractivity contribution is -0.124. The van der Waals surface area contributed by atoms with Crippen LogP contribution in [0.2, 0.25) is 0 Å². The Balaban J connectivity index is 2.07. The Morgan fingerprint density at radius 1 is 1.32 bits per heavy atom. The lowest BCUT2D eigenvalue weighted by Gasteiger charge is -2.31. The van der Waals surface area contributed by atoms with Crippen LogP contribution in [0.4, 0.5) is 0 Å². The summed E-state index contributed by atoms with van der Waals surface area (Å²) in [5, 5.41) is 22.7.